The Bertz CT molecular complexity index is 904. The standard InChI is InChI=1S/C17H19N4O2.ClH/c1-18-17-15-12(9-19-20-17)10-21(23-3)14(22-2)8-11-6-4-5-7-13(11)16(15)21;/h5,7-10H,4,6H2,1-3H3,(H,18,20);1H/q+1;. The second-order valence-electron chi connectivity index (χ2n) is 5.66. The van der Waals surface area contributed by atoms with E-state index in [-0.39, 0.29) is 17.1 Å². The van der Waals surface area contributed by atoms with Crippen LogP contribution < -0.4 is 15.8 Å². The fourth-order valence-corrected chi connectivity index (χ4v) is 3.57. The maximum Gasteiger partial charge on any atom is 0.335 e. The Labute approximate surface area is 146 Å². The maximum absolute atomic E-state index is 5.94. The molecule has 1 aliphatic carbocycles. The van der Waals surface area contributed by atoms with E-state index in [2.05, 4.69) is 33.7 Å². The van der Waals surface area contributed by atoms with E-state index in [1.807, 2.05) is 13.2 Å². The van der Waals surface area contributed by atoms with Gasteiger partial charge in [0, 0.05) is 18.7 Å². The number of rotatable bonds is 3. The zero-order valence-corrected chi connectivity index (χ0v) is 14.7. The van der Waals surface area contributed by atoms with E-state index in [0.717, 1.165) is 40.7 Å². The van der Waals surface area contributed by atoms with Gasteiger partial charge in [0.25, 0.3) is 0 Å². The first-order valence-electron chi connectivity index (χ1n) is 7.63. The van der Waals surface area contributed by atoms with Gasteiger partial charge in [-0.05, 0) is 18.4 Å². The van der Waals surface area contributed by atoms with Gasteiger partial charge in [-0.1, -0.05) is 16.8 Å². The normalized spacial score (nSPS) is 23.5. The highest BCUT2D eigenvalue weighted by Crippen LogP contribution is 2.43. The van der Waals surface area contributed by atoms with Crippen molar-refractivity contribution in [2.75, 3.05) is 26.6 Å². The van der Waals surface area contributed by atoms with Gasteiger partial charge in [0.05, 0.1) is 30.9 Å². The van der Waals surface area contributed by atoms with Gasteiger partial charge in [-0.25, -0.2) is 0 Å². The van der Waals surface area contributed by atoms with E-state index in [4.69, 9.17) is 9.57 Å². The Morgan fingerprint density at radius 1 is 1.29 bits per heavy atom. The van der Waals surface area contributed by atoms with Crippen LogP contribution in [0.25, 0.3) is 11.9 Å². The van der Waals surface area contributed by atoms with Gasteiger partial charge in [0.1, 0.15) is 0 Å². The number of nitrogens with zero attached hydrogens (tertiary/aromatic N) is 3. The van der Waals surface area contributed by atoms with Crippen molar-refractivity contribution in [3.8, 4) is 0 Å². The van der Waals surface area contributed by atoms with Crippen molar-refractivity contribution < 1.29 is 14.2 Å². The van der Waals surface area contributed by atoms with Crippen LogP contribution in [0.3, 0.4) is 0 Å². The van der Waals surface area contributed by atoms with Gasteiger partial charge in [0.15, 0.2) is 17.7 Å². The van der Waals surface area contributed by atoms with E-state index in [1.165, 1.54) is 11.1 Å². The van der Waals surface area contributed by atoms with Crippen molar-refractivity contribution in [3.63, 3.8) is 0 Å². The van der Waals surface area contributed by atoms with Gasteiger partial charge in [-0.2, -0.15) is 9.94 Å². The third-order valence-electron chi connectivity index (χ3n) is 4.59. The van der Waals surface area contributed by atoms with Gasteiger partial charge < -0.3 is 10.1 Å². The van der Waals surface area contributed by atoms with Gasteiger partial charge in [-0.3, -0.25) is 0 Å². The number of hydrogen-bond donors (Lipinski definition) is 1. The molecule has 0 saturated carbocycles. The third-order valence-corrected chi connectivity index (χ3v) is 4.59. The van der Waals surface area contributed by atoms with Crippen LogP contribution in [0.15, 0.2) is 41.5 Å². The summed E-state index contributed by atoms with van der Waals surface area (Å²) in [6, 6.07) is 0. The molecule has 0 radical (unpaired) electrons. The zero-order chi connectivity index (χ0) is 16.0. The average Bonchev–Trinajstić information content (AvgIpc) is 2.96. The lowest BCUT2D eigenvalue weighted by Crippen LogP contribution is -2.42. The second-order valence-corrected chi connectivity index (χ2v) is 5.66. The molecule has 24 heavy (non-hydrogen) atoms. The summed E-state index contributed by atoms with van der Waals surface area (Å²) in [6.45, 7) is 0. The summed E-state index contributed by atoms with van der Waals surface area (Å²) in [5.74, 6) is 1.49. The largest absolute Gasteiger partial charge is 0.452 e. The zero-order valence-electron chi connectivity index (χ0n) is 13.9. The lowest BCUT2D eigenvalue weighted by Gasteiger charge is -2.34. The lowest BCUT2D eigenvalue weighted by molar-refractivity contribution is -0.962. The highest BCUT2D eigenvalue weighted by molar-refractivity contribution is 5.85. The molecule has 0 aromatic carbocycles. The minimum atomic E-state index is 0. The number of hydroxylamine groups is 3. The van der Waals surface area contributed by atoms with Crippen LogP contribution in [0.5, 0.6) is 0 Å². The Morgan fingerprint density at radius 3 is 2.83 bits per heavy atom. The summed E-state index contributed by atoms with van der Waals surface area (Å²) >= 11 is 0. The first-order chi connectivity index (χ1) is 11.2. The lowest BCUT2D eigenvalue weighted by atomic mass is 9.91. The summed E-state index contributed by atoms with van der Waals surface area (Å²) in [4.78, 5) is 5.94. The highest BCUT2D eigenvalue weighted by Gasteiger charge is 2.49. The molecular formula is C17H20ClN4O2+. The molecule has 2 aliphatic heterocycles. The predicted octanol–water partition coefficient (Wildman–Crippen LogP) is 1.33. The number of halogens is 1. The van der Waals surface area contributed by atoms with Crippen molar-refractivity contribution in [1.82, 2.24) is 10.2 Å². The molecule has 1 atom stereocenters. The molecule has 6 nitrogen and oxygen atoms in total. The topological polar surface area (TPSA) is 56.3 Å². The van der Waals surface area contributed by atoms with E-state index in [0.29, 0.717) is 0 Å². The summed E-state index contributed by atoms with van der Waals surface area (Å²) < 4.78 is 5.78. The van der Waals surface area contributed by atoms with E-state index in [1.54, 1.807) is 20.4 Å². The van der Waals surface area contributed by atoms with Crippen molar-refractivity contribution in [2.24, 2.45) is 0 Å². The molecule has 1 aromatic rings. The number of quaternary nitrogens is 1. The number of ether oxygens (including phenoxy) is 1. The number of nitrogens with one attached hydrogen (secondary N) is 1. The molecule has 3 aliphatic rings. The van der Waals surface area contributed by atoms with Crippen molar-refractivity contribution in [3.05, 3.63) is 51.9 Å². The molecule has 1 N–H and O–H groups in total. The van der Waals surface area contributed by atoms with Crippen LogP contribution >= 0.6 is 12.4 Å². The van der Waals surface area contributed by atoms with Crippen molar-refractivity contribution in [2.45, 2.75) is 12.8 Å². The fraction of sp³-hybridized carbons (Fsp3) is 0.294. The Hall–Kier alpha value is -2.15. The molecule has 0 spiro atoms. The molecule has 7 heteroatoms. The molecule has 0 bridgehead atoms. The molecule has 1 aromatic heterocycles. The summed E-state index contributed by atoms with van der Waals surface area (Å²) in [5.41, 5.74) is 3.48. The molecule has 4 rings (SSSR count). The monoisotopic (exact) mass is 347 g/mol. The third kappa shape index (κ3) is 2.04. The Balaban J connectivity index is 0.00000169. The van der Waals surface area contributed by atoms with Crippen LogP contribution in [-0.2, 0) is 9.57 Å². The first-order valence-corrected chi connectivity index (χ1v) is 7.63. The quantitative estimate of drug-likeness (QED) is 0.836. The predicted molar refractivity (Wildman–Crippen MR) is 93.7 cm³/mol. The summed E-state index contributed by atoms with van der Waals surface area (Å²) in [7, 11) is 5.22. The molecule has 3 heterocycles. The van der Waals surface area contributed by atoms with Gasteiger partial charge in [-0.15, -0.1) is 17.5 Å². The Kier molecular flexibility index (Phi) is 4.21. The van der Waals surface area contributed by atoms with Crippen LogP contribution in [0, 0.1) is 0 Å². The molecule has 126 valence electrons. The number of anilines is 1. The second kappa shape index (κ2) is 6.05. The molecule has 0 saturated heterocycles. The smallest absolute Gasteiger partial charge is 0.335 e. The average molecular weight is 348 g/mol. The SMILES string of the molecule is CNc1nncc2c1=C1C3=C(C=C(OC)[N+]1(OC)C=2)CCC=C3.Cl. The summed E-state index contributed by atoms with van der Waals surface area (Å²) in [5, 5.41) is 13.5. The van der Waals surface area contributed by atoms with E-state index in [9.17, 15) is 0 Å². The number of aromatic nitrogens is 2. The molecular weight excluding hydrogens is 328 g/mol. The number of fused-ring (bicyclic) bond motifs is 3. The summed E-state index contributed by atoms with van der Waals surface area (Å²) in [6.07, 6.45) is 12.3. The van der Waals surface area contributed by atoms with Crippen molar-refractivity contribution >= 4 is 30.1 Å². The molecule has 0 amide bonds. The van der Waals surface area contributed by atoms with E-state index < -0.39 is 0 Å². The van der Waals surface area contributed by atoms with Crippen LogP contribution in [0.1, 0.15) is 12.8 Å². The van der Waals surface area contributed by atoms with Crippen molar-refractivity contribution in [1.29, 1.82) is 0 Å². The van der Waals surface area contributed by atoms with Gasteiger partial charge in [0.2, 0.25) is 0 Å². The minimum absolute atomic E-state index is 0. The van der Waals surface area contributed by atoms with Crippen LogP contribution in [0.4, 0.5) is 5.82 Å². The minimum Gasteiger partial charge on any atom is -0.452 e. The maximum atomic E-state index is 5.94. The van der Waals surface area contributed by atoms with Crippen LogP contribution in [-0.4, -0.2) is 36.1 Å². The number of methoxy groups -OCH3 is 1. The number of allylic oxidation sites excluding steroid dienone is 3. The number of hydrogen-bond acceptors (Lipinski definition) is 5. The Morgan fingerprint density at radius 2 is 2.12 bits per heavy atom. The van der Waals surface area contributed by atoms with E-state index >= 15 is 0 Å². The first kappa shape index (κ1) is 16.7. The highest BCUT2D eigenvalue weighted by atomic mass is 35.5. The molecule has 0 fully saturated rings. The molecule has 1 unspecified atom stereocenters. The fourth-order valence-electron chi connectivity index (χ4n) is 3.57. The van der Waals surface area contributed by atoms with Gasteiger partial charge >= 0.3 is 5.88 Å². The van der Waals surface area contributed by atoms with Crippen LogP contribution in [0.2, 0.25) is 0 Å².